The van der Waals surface area contributed by atoms with Crippen molar-refractivity contribution in [2.24, 2.45) is 4.99 Å². The Morgan fingerprint density at radius 1 is 1.10 bits per heavy atom. The number of benzene rings is 2. The molecular formula is C29H34F4N4O3S. The number of sulfonamides is 1. The Morgan fingerprint density at radius 3 is 2.24 bits per heavy atom. The summed E-state index contributed by atoms with van der Waals surface area (Å²) < 4.78 is 80.7. The Bertz CT molecular complexity index is 1430. The second kappa shape index (κ2) is 11.2. The molecule has 222 valence electrons. The molecule has 1 atom stereocenters. The minimum atomic E-state index is -4.52. The van der Waals surface area contributed by atoms with Crippen LogP contribution in [0.15, 0.2) is 70.6 Å². The number of amides is 1. The molecule has 1 fully saturated rings. The van der Waals surface area contributed by atoms with Gasteiger partial charge in [0.25, 0.3) is 0 Å². The van der Waals surface area contributed by atoms with E-state index in [2.05, 4.69) is 22.2 Å². The second-order valence-electron chi connectivity index (χ2n) is 11.4. The number of halogens is 4. The molecule has 2 aliphatic rings. The van der Waals surface area contributed by atoms with Gasteiger partial charge in [-0.25, -0.2) is 12.8 Å². The zero-order valence-electron chi connectivity index (χ0n) is 23.2. The first kappa shape index (κ1) is 30.7. The van der Waals surface area contributed by atoms with Crippen LogP contribution < -0.4 is 10.6 Å². The van der Waals surface area contributed by atoms with E-state index in [1.54, 1.807) is 0 Å². The summed E-state index contributed by atoms with van der Waals surface area (Å²) in [7, 11) is -4.16. The van der Waals surface area contributed by atoms with Gasteiger partial charge in [0.05, 0.1) is 16.0 Å². The number of hydrogen-bond acceptors (Lipinski definition) is 5. The minimum Gasteiger partial charge on any atom is -0.357 e. The summed E-state index contributed by atoms with van der Waals surface area (Å²) >= 11 is 0. The third kappa shape index (κ3) is 6.98. The highest BCUT2D eigenvalue weighted by atomic mass is 32.2. The number of carbonyl (C=O) groups excluding carboxylic acids is 1. The van der Waals surface area contributed by atoms with Gasteiger partial charge in [-0.2, -0.15) is 17.5 Å². The van der Waals surface area contributed by atoms with Crippen molar-refractivity contribution >= 4 is 21.8 Å². The first-order valence-electron chi connectivity index (χ1n) is 13.3. The van der Waals surface area contributed by atoms with Gasteiger partial charge >= 0.3 is 6.18 Å². The minimum absolute atomic E-state index is 0.0877. The third-order valence-corrected chi connectivity index (χ3v) is 9.48. The van der Waals surface area contributed by atoms with Crippen LogP contribution in [-0.2, 0) is 27.5 Å². The van der Waals surface area contributed by atoms with Crippen LogP contribution in [0.3, 0.4) is 0 Å². The maximum absolute atomic E-state index is 13.5. The maximum Gasteiger partial charge on any atom is 0.416 e. The van der Waals surface area contributed by atoms with Gasteiger partial charge in [0.1, 0.15) is 17.7 Å². The fourth-order valence-corrected chi connectivity index (χ4v) is 6.32. The number of carbonyl (C=O) groups is 1. The van der Waals surface area contributed by atoms with Crippen LogP contribution in [0.2, 0.25) is 0 Å². The van der Waals surface area contributed by atoms with Crippen molar-refractivity contribution < 1.29 is 30.8 Å². The normalized spacial score (nSPS) is 19.7. The highest BCUT2D eigenvalue weighted by molar-refractivity contribution is 7.89. The molecule has 2 N–H and O–H groups in total. The van der Waals surface area contributed by atoms with E-state index < -0.39 is 39.2 Å². The molecule has 12 heteroatoms. The standard InChI is InChI=1S/C29H34F4N4O3S/c1-19(25-34-24(27(2,3)35-25)26(38)36-28(4)15-5-16-28)14-17-37(41(39,40)23-12-10-22(30)11-13-23)18-20-6-8-21(9-7-20)29(31,32)33/h6-13,24H,1,5,14-18H2,2-4H3,(H,34,35)(H,36,38). The van der Waals surface area contributed by atoms with Gasteiger partial charge < -0.3 is 10.6 Å². The van der Waals surface area contributed by atoms with Gasteiger partial charge in [-0.15, -0.1) is 0 Å². The van der Waals surface area contributed by atoms with Crippen molar-refractivity contribution in [2.75, 3.05) is 6.54 Å². The van der Waals surface area contributed by atoms with Crippen molar-refractivity contribution in [3.63, 3.8) is 0 Å². The van der Waals surface area contributed by atoms with Crippen molar-refractivity contribution in [3.8, 4) is 0 Å². The summed E-state index contributed by atoms with van der Waals surface area (Å²) in [6, 6.07) is 7.91. The zero-order chi connectivity index (χ0) is 30.2. The summed E-state index contributed by atoms with van der Waals surface area (Å²) in [4.78, 5) is 17.5. The van der Waals surface area contributed by atoms with Gasteiger partial charge in [-0.05, 0) is 94.0 Å². The summed E-state index contributed by atoms with van der Waals surface area (Å²) in [6.45, 7) is 9.40. The molecule has 1 unspecified atom stereocenters. The van der Waals surface area contributed by atoms with Gasteiger partial charge in [-0.3, -0.25) is 9.79 Å². The topological polar surface area (TPSA) is 90.9 Å². The van der Waals surface area contributed by atoms with Crippen LogP contribution in [-0.4, -0.2) is 48.1 Å². The van der Waals surface area contributed by atoms with Crippen LogP contribution >= 0.6 is 0 Å². The first-order valence-corrected chi connectivity index (χ1v) is 14.7. The molecule has 2 aromatic carbocycles. The predicted molar refractivity (Wildman–Crippen MR) is 148 cm³/mol. The van der Waals surface area contributed by atoms with Crippen LogP contribution in [0.1, 0.15) is 57.6 Å². The molecule has 0 radical (unpaired) electrons. The fraction of sp³-hybridized carbons (Fsp3) is 0.448. The lowest BCUT2D eigenvalue weighted by atomic mass is 9.78. The molecule has 1 saturated carbocycles. The Morgan fingerprint density at radius 2 is 1.71 bits per heavy atom. The summed E-state index contributed by atoms with van der Waals surface area (Å²) in [5.74, 6) is -0.390. The number of hydrogen-bond donors (Lipinski definition) is 2. The quantitative estimate of drug-likeness (QED) is 0.371. The SMILES string of the molecule is C=C(CCN(Cc1ccc(C(F)(F)F)cc1)S(=O)(=O)c1ccc(F)cc1)C1=NC(C)(C)C(C(=O)NC2(C)CCC2)N1. The first-order chi connectivity index (χ1) is 19.0. The lowest BCUT2D eigenvalue weighted by molar-refractivity contribution is -0.137. The van der Waals surface area contributed by atoms with Crippen molar-refractivity contribution in [2.45, 2.75) is 81.2 Å². The molecule has 41 heavy (non-hydrogen) atoms. The molecule has 0 saturated heterocycles. The molecular weight excluding hydrogens is 560 g/mol. The fourth-order valence-electron chi connectivity index (χ4n) is 4.89. The Hall–Kier alpha value is -3.25. The largest absolute Gasteiger partial charge is 0.416 e. The highest BCUT2D eigenvalue weighted by Crippen LogP contribution is 2.33. The van der Waals surface area contributed by atoms with Crippen LogP contribution in [0.4, 0.5) is 17.6 Å². The third-order valence-electron chi connectivity index (χ3n) is 7.62. The van der Waals surface area contributed by atoms with E-state index in [1.807, 2.05) is 20.8 Å². The molecule has 1 amide bonds. The summed E-state index contributed by atoms with van der Waals surface area (Å²) in [5, 5.41) is 6.24. The Balaban J connectivity index is 1.50. The number of nitrogens with zero attached hydrogens (tertiary/aromatic N) is 2. The van der Waals surface area contributed by atoms with Gasteiger partial charge in [0, 0.05) is 18.6 Å². The van der Waals surface area contributed by atoms with Crippen LogP contribution in [0, 0.1) is 5.82 Å². The van der Waals surface area contributed by atoms with Gasteiger partial charge in [0.2, 0.25) is 15.9 Å². The van der Waals surface area contributed by atoms with Crippen molar-refractivity contribution in [1.82, 2.24) is 14.9 Å². The van der Waals surface area contributed by atoms with E-state index in [9.17, 15) is 30.8 Å². The average molecular weight is 595 g/mol. The molecule has 4 rings (SSSR count). The summed E-state index contributed by atoms with van der Waals surface area (Å²) in [5.41, 5.74) is -1.05. The number of rotatable bonds is 10. The van der Waals surface area contributed by atoms with Gasteiger partial charge in [0.15, 0.2) is 0 Å². The molecule has 1 heterocycles. The van der Waals surface area contributed by atoms with Crippen molar-refractivity contribution in [3.05, 3.63) is 77.6 Å². The Kier molecular flexibility index (Phi) is 8.39. The maximum atomic E-state index is 13.5. The molecule has 0 aromatic heterocycles. The average Bonchev–Trinajstić information content (AvgIpc) is 3.20. The highest BCUT2D eigenvalue weighted by Gasteiger charge is 2.44. The molecule has 1 aliphatic carbocycles. The zero-order valence-corrected chi connectivity index (χ0v) is 24.0. The lowest BCUT2D eigenvalue weighted by Gasteiger charge is -2.40. The summed E-state index contributed by atoms with van der Waals surface area (Å²) in [6.07, 6.45) is -1.54. The van der Waals surface area contributed by atoms with Crippen molar-refractivity contribution in [1.29, 1.82) is 0 Å². The Labute approximate surface area is 237 Å². The van der Waals surface area contributed by atoms with E-state index in [-0.39, 0.29) is 35.9 Å². The number of aliphatic imine (C=N–C) groups is 1. The molecule has 0 spiro atoms. The van der Waals surface area contributed by atoms with E-state index in [1.165, 1.54) is 12.1 Å². The molecule has 7 nitrogen and oxygen atoms in total. The lowest BCUT2D eigenvalue weighted by Crippen LogP contribution is -2.59. The molecule has 1 aliphatic heterocycles. The molecule has 0 bridgehead atoms. The van der Waals surface area contributed by atoms with E-state index in [4.69, 9.17) is 0 Å². The monoisotopic (exact) mass is 594 g/mol. The smallest absolute Gasteiger partial charge is 0.357 e. The van der Waals surface area contributed by atoms with E-state index in [0.29, 0.717) is 17.0 Å². The van der Waals surface area contributed by atoms with E-state index >= 15 is 0 Å². The van der Waals surface area contributed by atoms with E-state index in [0.717, 1.165) is 60.0 Å². The second-order valence-corrected chi connectivity index (χ2v) is 13.4. The van der Waals surface area contributed by atoms with Crippen LogP contribution in [0.25, 0.3) is 0 Å². The number of nitrogens with one attached hydrogen (secondary N) is 2. The molecule has 2 aromatic rings. The number of alkyl halides is 3. The number of amidine groups is 1. The van der Waals surface area contributed by atoms with Gasteiger partial charge in [-0.1, -0.05) is 18.7 Å². The predicted octanol–water partition coefficient (Wildman–Crippen LogP) is 5.19. The van der Waals surface area contributed by atoms with Crippen LogP contribution in [0.5, 0.6) is 0 Å².